The van der Waals surface area contributed by atoms with Crippen molar-refractivity contribution >= 4 is 52.9 Å². The number of anilines is 4. The minimum absolute atomic E-state index is 0.290. The van der Waals surface area contributed by atoms with Gasteiger partial charge in [-0.1, -0.05) is 53.5 Å². The fourth-order valence-corrected chi connectivity index (χ4v) is 3.71. The first-order valence-corrected chi connectivity index (χ1v) is 12.1. The molecule has 0 spiro atoms. The number of nitrogens with one attached hydrogen (secondary N) is 3. The second-order valence-electron chi connectivity index (χ2n) is 7.68. The number of hydrogen-bond acceptors (Lipinski definition) is 9. The molecule has 0 aliphatic rings. The molecule has 1 aromatic heterocycles. The van der Waals surface area contributed by atoms with Crippen molar-refractivity contribution in [3.8, 4) is 11.5 Å². The Labute approximate surface area is 224 Å². The van der Waals surface area contributed by atoms with Gasteiger partial charge in [0.1, 0.15) is 6.61 Å². The molecule has 0 saturated heterocycles. The van der Waals surface area contributed by atoms with Gasteiger partial charge in [-0.25, -0.2) is 5.43 Å². The highest BCUT2D eigenvalue weighted by atomic mass is 35.5. The first-order valence-electron chi connectivity index (χ1n) is 11.3. The summed E-state index contributed by atoms with van der Waals surface area (Å²) in [5, 5.41) is 11.4. The van der Waals surface area contributed by atoms with Gasteiger partial charge < -0.3 is 20.1 Å². The molecular formula is C26H25Cl2N7O2. The smallest absolute Gasteiger partial charge is 0.250 e. The second kappa shape index (κ2) is 12.8. The first-order chi connectivity index (χ1) is 18.0. The van der Waals surface area contributed by atoms with Crippen LogP contribution in [0.2, 0.25) is 10.0 Å². The summed E-state index contributed by atoms with van der Waals surface area (Å²) < 4.78 is 11.4. The molecule has 4 aromatic rings. The van der Waals surface area contributed by atoms with Gasteiger partial charge in [-0.3, -0.25) is 0 Å². The van der Waals surface area contributed by atoms with Crippen LogP contribution in [0.15, 0.2) is 71.8 Å². The highest BCUT2D eigenvalue weighted by Crippen LogP contribution is 2.30. The van der Waals surface area contributed by atoms with Gasteiger partial charge in [-0.15, -0.1) is 0 Å². The normalized spacial score (nSPS) is 10.8. The topological polar surface area (TPSA) is 106 Å². The van der Waals surface area contributed by atoms with E-state index in [-0.39, 0.29) is 0 Å². The summed E-state index contributed by atoms with van der Waals surface area (Å²) in [6, 6.07) is 20.6. The van der Waals surface area contributed by atoms with Gasteiger partial charge in [0.2, 0.25) is 17.8 Å². The molecule has 3 aromatic carbocycles. The Morgan fingerprint density at radius 2 is 1.68 bits per heavy atom. The summed E-state index contributed by atoms with van der Waals surface area (Å²) in [5.74, 6) is 2.32. The van der Waals surface area contributed by atoms with Gasteiger partial charge in [0, 0.05) is 41.0 Å². The number of nitrogens with zero attached hydrogens (tertiary/aromatic N) is 4. The zero-order valence-electron chi connectivity index (χ0n) is 20.2. The number of ether oxygens (including phenoxy) is 2. The van der Waals surface area contributed by atoms with E-state index in [2.05, 4.69) is 36.1 Å². The Morgan fingerprint density at radius 1 is 0.892 bits per heavy atom. The van der Waals surface area contributed by atoms with Crippen LogP contribution >= 0.6 is 23.2 Å². The third kappa shape index (κ3) is 7.45. The Hall–Kier alpha value is -4.08. The van der Waals surface area contributed by atoms with E-state index in [4.69, 9.17) is 32.7 Å². The summed E-state index contributed by atoms with van der Waals surface area (Å²) in [4.78, 5) is 13.0. The van der Waals surface area contributed by atoms with Crippen molar-refractivity contribution in [3.63, 3.8) is 0 Å². The molecule has 0 aliphatic carbocycles. The van der Waals surface area contributed by atoms with Crippen LogP contribution in [0.5, 0.6) is 11.5 Å². The van der Waals surface area contributed by atoms with E-state index >= 15 is 0 Å². The van der Waals surface area contributed by atoms with Crippen molar-refractivity contribution in [2.45, 2.75) is 13.0 Å². The number of hydrogen-bond donors (Lipinski definition) is 3. The molecule has 9 nitrogen and oxygen atoms in total. The maximum atomic E-state index is 6.24. The molecule has 0 atom stereocenters. The van der Waals surface area contributed by atoms with E-state index in [1.807, 2.05) is 54.6 Å². The third-order valence-electron chi connectivity index (χ3n) is 5.10. The lowest BCUT2D eigenvalue weighted by molar-refractivity contribution is 0.284. The number of halogens is 2. The zero-order valence-corrected chi connectivity index (χ0v) is 21.7. The summed E-state index contributed by atoms with van der Waals surface area (Å²) in [5.41, 5.74) is 5.53. The van der Waals surface area contributed by atoms with Gasteiger partial charge in [-0.2, -0.15) is 20.1 Å². The van der Waals surface area contributed by atoms with Gasteiger partial charge in [0.15, 0.2) is 11.5 Å². The van der Waals surface area contributed by atoms with E-state index in [1.165, 1.54) is 0 Å². The quantitative estimate of drug-likeness (QED) is 0.153. The average Bonchev–Trinajstić information content (AvgIpc) is 2.91. The predicted octanol–water partition coefficient (Wildman–Crippen LogP) is 6.19. The molecule has 0 radical (unpaired) electrons. The van der Waals surface area contributed by atoms with Crippen molar-refractivity contribution in [1.29, 1.82) is 0 Å². The lowest BCUT2D eigenvalue weighted by atomic mass is 10.1. The Bertz CT molecular complexity index is 1370. The third-order valence-corrected chi connectivity index (χ3v) is 5.69. The van der Waals surface area contributed by atoms with Crippen molar-refractivity contribution in [1.82, 2.24) is 15.0 Å². The SMILES string of the molecule is CNc1nc(N/N=C\Cc2ccc(OCc3ccc(Cl)cc3Cl)c(OC)c2)nc(Nc2ccccc2)n1. The van der Waals surface area contributed by atoms with Crippen molar-refractivity contribution in [2.75, 3.05) is 30.2 Å². The minimum atomic E-state index is 0.290. The molecule has 0 bridgehead atoms. The molecule has 11 heteroatoms. The molecule has 0 amide bonds. The Balaban J connectivity index is 1.36. The van der Waals surface area contributed by atoms with Crippen LogP contribution < -0.4 is 25.5 Å². The molecule has 4 rings (SSSR count). The van der Waals surface area contributed by atoms with Crippen LogP contribution in [0.1, 0.15) is 11.1 Å². The number of methoxy groups -OCH3 is 1. The van der Waals surface area contributed by atoms with E-state index in [0.29, 0.717) is 52.4 Å². The molecular weight excluding hydrogens is 513 g/mol. The van der Waals surface area contributed by atoms with Crippen LogP contribution in [0, 0.1) is 0 Å². The fraction of sp³-hybridized carbons (Fsp3) is 0.154. The predicted molar refractivity (Wildman–Crippen MR) is 149 cm³/mol. The number of para-hydroxylation sites is 1. The largest absolute Gasteiger partial charge is 0.493 e. The lowest BCUT2D eigenvalue weighted by Crippen LogP contribution is -2.07. The van der Waals surface area contributed by atoms with Crippen LogP contribution in [0.3, 0.4) is 0 Å². The van der Waals surface area contributed by atoms with Gasteiger partial charge in [0.05, 0.1) is 7.11 Å². The lowest BCUT2D eigenvalue weighted by Gasteiger charge is -2.12. The number of benzene rings is 3. The van der Waals surface area contributed by atoms with Gasteiger partial charge in [-0.05, 0) is 42.0 Å². The van der Waals surface area contributed by atoms with Crippen LogP contribution in [0.25, 0.3) is 0 Å². The van der Waals surface area contributed by atoms with Crippen molar-refractivity contribution < 1.29 is 9.47 Å². The van der Waals surface area contributed by atoms with Crippen molar-refractivity contribution in [2.24, 2.45) is 5.10 Å². The van der Waals surface area contributed by atoms with E-state index in [1.54, 1.807) is 32.5 Å². The summed E-state index contributed by atoms with van der Waals surface area (Å²) >= 11 is 12.2. The van der Waals surface area contributed by atoms with Crippen molar-refractivity contribution in [3.05, 3.63) is 87.9 Å². The molecule has 0 fully saturated rings. The zero-order chi connectivity index (χ0) is 26.0. The molecule has 0 unspecified atom stereocenters. The molecule has 1 heterocycles. The first kappa shape index (κ1) is 26.0. The fourth-order valence-electron chi connectivity index (χ4n) is 3.25. The van der Waals surface area contributed by atoms with E-state index in [0.717, 1.165) is 16.8 Å². The van der Waals surface area contributed by atoms with Crippen LogP contribution in [-0.2, 0) is 13.0 Å². The standard InChI is InChI=1S/C26H25Cl2N7O2/c1-29-24-32-25(31-20-6-4-3-5-7-20)34-26(33-24)35-30-13-12-17-8-11-22(23(14-17)36-2)37-16-18-9-10-19(27)15-21(18)28/h3-11,13-15H,12,16H2,1-2H3,(H3,29,31,32,33,34,35)/b30-13-. The number of aromatic nitrogens is 3. The maximum absolute atomic E-state index is 6.24. The summed E-state index contributed by atoms with van der Waals surface area (Å²) in [6.45, 7) is 0.290. The summed E-state index contributed by atoms with van der Waals surface area (Å²) in [6.07, 6.45) is 2.27. The molecule has 37 heavy (non-hydrogen) atoms. The second-order valence-corrected chi connectivity index (χ2v) is 8.53. The minimum Gasteiger partial charge on any atom is -0.493 e. The molecule has 0 aliphatic heterocycles. The number of rotatable bonds is 11. The van der Waals surface area contributed by atoms with E-state index < -0.39 is 0 Å². The highest BCUT2D eigenvalue weighted by molar-refractivity contribution is 6.35. The summed E-state index contributed by atoms with van der Waals surface area (Å²) in [7, 11) is 3.33. The molecule has 0 saturated carbocycles. The Kier molecular flexibility index (Phi) is 8.96. The average molecular weight is 538 g/mol. The number of hydrazone groups is 1. The monoisotopic (exact) mass is 537 g/mol. The van der Waals surface area contributed by atoms with Crippen LogP contribution in [0.4, 0.5) is 23.5 Å². The molecule has 190 valence electrons. The van der Waals surface area contributed by atoms with Gasteiger partial charge >= 0.3 is 0 Å². The Morgan fingerprint density at radius 3 is 2.43 bits per heavy atom. The molecule has 3 N–H and O–H groups in total. The van der Waals surface area contributed by atoms with E-state index in [9.17, 15) is 0 Å². The van der Waals surface area contributed by atoms with Gasteiger partial charge in [0.25, 0.3) is 0 Å². The highest BCUT2D eigenvalue weighted by Gasteiger charge is 2.09. The maximum Gasteiger partial charge on any atom is 0.250 e. The van der Waals surface area contributed by atoms with Crippen LogP contribution in [-0.4, -0.2) is 35.3 Å².